The molecule has 0 saturated carbocycles. The molecule has 10 atom stereocenters. The molecular weight excluding hydrogens is 628 g/mol. The molecule has 2 saturated heterocycles. The van der Waals surface area contributed by atoms with Gasteiger partial charge in [-0.3, -0.25) is 14.6 Å². The monoisotopic (exact) mass is 684 g/mol. The minimum Gasteiger partial charge on any atom is -0.458 e. The largest absolute Gasteiger partial charge is 0.458 e. The molecule has 12 heteroatoms. The first-order valence-electron chi connectivity index (χ1n) is 17.6. The number of esters is 1. The molecule has 2 aliphatic rings. The molecule has 272 valence electrons. The number of alkyl carbamates (subject to hydrolysis) is 1. The fourth-order valence-corrected chi connectivity index (χ4v) is 7.48. The summed E-state index contributed by atoms with van der Waals surface area (Å²) in [6, 6.07) is 3.84. The number of rotatable bonds is 9. The Labute approximate surface area is 290 Å². The first-order chi connectivity index (χ1) is 23.1. The van der Waals surface area contributed by atoms with Crippen LogP contribution in [-0.2, 0) is 35.1 Å². The van der Waals surface area contributed by atoms with Gasteiger partial charge in [0, 0.05) is 68.5 Å². The van der Waals surface area contributed by atoms with Crippen molar-refractivity contribution in [3.05, 3.63) is 37.1 Å². The number of pyridine rings is 1. The van der Waals surface area contributed by atoms with Crippen LogP contribution in [0, 0.1) is 29.6 Å². The van der Waals surface area contributed by atoms with E-state index in [1.54, 1.807) is 46.4 Å². The zero-order valence-corrected chi connectivity index (χ0v) is 30.5. The predicted molar refractivity (Wildman–Crippen MR) is 183 cm³/mol. The number of nitrogens with one attached hydrogen (secondary N) is 1. The number of fused-ring (bicyclic) bond motifs is 1. The van der Waals surface area contributed by atoms with E-state index in [2.05, 4.69) is 15.3 Å². The third-order valence-electron chi connectivity index (χ3n) is 10.4. The topological polar surface area (TPSA) is 154 Å². The van der Waals surface area contributed by atoms with Crippen LogP contribution < -0.4 is 5.32 Å². The van der Waals surface area contributed by atoms with Gasteiger partial charge in [0.1, 0.15) is 17.5 Å². The maximum atomic E-state index is 13.8. The van der Waals surface area contributed by atoms with Crippen LogP contribution in [0.2, 0.25) is 0 Å². The Morgan fingerprint density at radius 3 is 2.43 bits per heavy atom. The summed E-state index contributed by atoms with van der Waals surface area (Å²) in [5.74, 6) is -2.74. The molecule has 1 amide bonds. The summed E-state index contributed by atoms with van der Waals surface area (Å²) in [5, 5.41) is 14.2. The lowest BCUT2D eigenvalue weighted by atomic mass is 9.76. The van der Waals surface area contributed by atoms with Crippen LogP contribution in [0.1, 0.15) is 81.1 Å². The number of aliphatic hydroxyl groups excluding tert-OH is 1. The number of hydrogen-bond acceptors (Lipinski definition) is 10. The minimum absolute atomic E-state index is 0.0535. The highest BCUT2D eigenvalue weighted by atomic mass is 16.6. The van der Waals surface area contributed by atoms with Crippen molar-refractivity contribution in [2.45, 2.75) is 123 Å². The molecule has 2 aromatic heterocycles. The smallest absolute Gasteiger partial charge is 0.407 e. The van der Waals surface area contributed by atoms with Crippen molar-refractivity contribution in [2.75, 3.05) is 13.7 Å². The second kappa shape index (κ2) is 16.1. The van der Waals surface area contributed by atoms with Crippen molar-refractivity contribution >= 4 is 17.8 Å². The number of imidazole rings is 1. The first-order valence-corrected chi connectivity index (χ1v) is 17.6. The Bertz CT molecular complexity index is 1420. The third kappa shape index (κ3) is 9.26. The number of aryl methyl sites for hydroxylation is 1. The number of aliphatic hydroxyl groups is 1. The van der Waals surface area contributed by atoms with Crippen LogP contribution in [0.5, 0.6) is 0 Å². The number of unbranched alkanes of at least 4 members (excludes halogenated alkanes) is 1. The predicted octanol–water partition coefficient (Wildman–Crippen LogP) is 5.22. The highest BCUT2D eigenvalue weighted by Gasteiger charge is 2.55. The van der Waals surface area contributed by atoms with E-state index in [0.717, 1.165) is 24.2 Å². The van der Waals surface area contributed by atoms with Crippen LogP contribution >= 0.6 is 0 Å². The summed E-state index contributed by atoms with van der Waals surface area (Å²) in [6.45, 7) is 15.7. The van der Waals surface area contributed by atoms with Gasteiger partial charge in [0.25, 0.3) is 0 Å². The van der Waals surface area contributed by atoms with Gasteiger partial charge in [0.2, 0.25) is 0 Å². The van der Waals surface area contributed by atoms with Crippen LogP contribution in [0.15, 0.2) is 37.1 Å². The maximum absolute atomic E-state index is 13.8. The molecule has 2 aliphatic heterocycles. The number of carbonyl (C=O) groups excluding carboxylic acids is 3. The fourth-order valence-electron chi connectivity index (χ4n) is 7.48. The Kier molecular flexibility index (Phi) is 12.6. The van der Waals surface area contributed by atoms with Crippen molar-refractivity contribution in [3.8, 4) is 11.3 Å². The first kappa shape index (κ1) is 38.5. The molecule has 0 aliphatic carbocycles. The highest BCUT2D eigenvalue weighted by molar-refractivity contribution is 5.83. The molecule has 2 aromatic rings. The summed E-state index contributed by atoms with van der Waals surface area (Å²) in [4.78, 5) is 49.3. The number of carbonyl (C=O) groups is 3. The van der Waals surface area contributed by atoms with Gasteiger partial charge < -0.3 is 33.9 Å². The van der Waals surface area contributed by atoms with Crippen LogP contribution in [0.3, 0.4) is 0 Å². The van der Waals surface area contributed by atoms with Crippen LogP contribution in [-0.4, -0.2) is 86.8 Å². The maximum Gasteiger partial charge on any atom is 0.407 e. The summed E-state index contributed by atoms with van der Waals surface area (Å²) in [6.07, 6.45) is 5.97. The molecule has 0 radical (unpaired) electrons. The zero-order valence-electron chi connectivity index (χ0n) is 30.5. The average Bonchev–Trinajstić information content (AvgIpc) is 3.73. The van der Waals surface area contributed by atoms with Crippen molar-refractivity contribution in [1.82, 2.24) is 19.9 Å². The van der Waals surface area contributed by atoms with Gasteiger partial charge in [0.05, 0.1) is 41.9 Å². The second-order valence-electron chi connectivity index (χ2n) is 15.0. The SMILES string of the molecule is CO[C@@]1(C)C[C@@H](C)C(=O)[C@H](C)C[C@](C)(OC(=O)NCCCCn2cnc(-c3cccnc3)c2)[C@@H](C(C)C)OC(=O)[C@H](C)C2OC2[C@H](C)[C@H]1O. The normalized spacial score (nSPS) is 34.3. The van der Waals surface area contributed by atoms with E-state index in [9.17, 15) is 19.5 Å². The van der Waals surface area contributed by atoms with Gasteiger partial charge in [0.15, 0.2) is 0 Å². The molecule has 2 fully saturated rings. The van der Waals surface area contributed by atoms with Crippen molar-refractivity contribution < 1.29 is 38.4 Å². The number of hydrogen-bond donors (Lipinski definition) is 2. The molecule has 2 unspecified atom stereocenters. The van der Waals surface area contributed by atoms with Gasteiger partial charge in [-0.1, -0.05) is 34.6 Å². The quantitative estimate of drug-likeness (QED) is 0.204. The number of nitrogens with zero attached hydrogens (tertiary/aromatic N) is 3. The zero-order chi connectivity index (χ0) is 36.1. The van der Waals surface area contributed by atoms with Gasteiger partial charge in [-0.15, -0.1) is 0 Å². The van der Waals surface area contributed by atoms with Crippen LogP contribution in [0.25, 0.3) is 11.3 Å². The van der Waals surface area contributed by atoms with Crippen molar-refractivity contribution in [2.24, 2.45) is 29.6 Å². The van der Waals surface area contributed by atoms with E-state index >= 15 is 0 Å². The lowest BCUT2D eigenvalue weighted by Crippen LogP contribution is -2.52. The third-order valence-corrected chi connectivity index (χ3v) is 10.4. The van der Waals surface area contributed by atoms with E-state index in [1.165, 1.54) is 7.11 Å². The lowest BCUT2D eigenvalue weighted by Gasteiger charge is -2.41. The molecule has 0 spiro atoms. The Balaban J connectivity index is 1.45. The second-order valence-corrected chi connectivity index (χ2v) is 15.0. The van der Waals surface area contributed by atoms with E-state index < -0.39 is 59.3 Å². The van der Waals surface area contributed by atoms with Gasteiger partial charge in [-0.05, 0) is 58.1 Å². The number of ether oxygens (including phenoxy) is 4. The van der Waals surface area contributed by atoms with Crippen LogP contribution in [0.4, 0.5) is 4.79 Å². The van der Waals surface area contributed by atoms with E-state index in [4.69, 9.17) is 18.9 Å². The van der Waals surface area contributed by atoms with Gasteiger partial charge in [-0.25, -0.2) is 9.78 Å². The molecule has 12 nitrogen and oxygen atoms in total. The molecule has 49 heavy (non-hydrogen) atoms. The minimum atomic E-state index is -1.32. The Hall–Kier alpha value is -3.35. The summed E-state index contributed by atoms with van der Waals surface area (Å²) in [5.41, 5.74) is -0.537. The molecule has 0 aromatic carbocycles. The Morgan fingerprint density at radius 2 is 1.80 bits per heavy atom. The summed E-state index contributed by atoms with van der Waals surface area (Å²) >= 11 is 0. The number of aromatic nitrogens is 3. The molecule has 4 heterocycles. The van der Waals surface area contributed by atoms with E-state index in [-0.39, 0.29) is 36.6 Å². The number of methoxy groups -OCH3 is 1. The van der Waals surface area contributed by atoms with Gasteiger partial charge in [-0.2, -0.15) is 0 Å². The molecule has 0 bridgehead atoms. The number of cyclic esters (lactones) is 1. The molecule has 4 rings (SSSR count). The van der Waals surface area contributed by atoms with E-state index in [1.807, 2.05) is 50.6 Å². The van der Waals surface area contributed by atoms with E-state index in [0.29, 0.717) is 13.0 Å². The van der Waals surface area contributed by atoms with Crippen molar-refractivity contribution in [3.63, 3.8) is 0 Å². The lowest BCUT2D eigenvalue weighted by molar-refractivity contribution is -0.176. The highest BCUT2D eigenvalue weighted by Crippen LogP contribution is 2.42. The fraction of sp³-hybridized carbons (Fsp3) is 0.703. The summed E-state index contributed by atoms with van der Waals surface area (Å²) in [7, 11) is 1.53. The average molecular weight is 685 g/mol. The Morgan fingerprint density at radius 1 is 1.10 bits per heavy atom. The number of epoxide rings is 1. The summed E-state index contributed by atoms with van der Waals surface area (Å²) < 4.78 is 26.0. The number of Topliss-reactive ketones (excluding diaryl/α,β-unsaturated/α-hetero) is 1. The van der Waals surface area contributed by atoms with Crippen molar-refractivity contribution in [1.29, 1.82) is 0 Å². The van der Waals surface area contributed by atoms with Gasteiger partial charge >= 0.3 is 12.1 Å². The molecule has 2 N–H and O–H groups in total. The standard InChI is InChI=1S/C37H56N4O8/c1-22(2)33-37(8,49-35(45)39-15-10-11-16-41-20-28(40-21-41)27-13-12-14-38-19-27)18-24(4)29(42)23(3)17-36(7,46-9)32(43)25(5)30-31(47-30)26(6)34(44)48-33/h12-14,19-26,30-33,43H,10-11,15-18H2,1-9H3,(H,39,45)/t23-,24-,25+,26-,30?,31?,32-,33-,36+,37+/m1/s1. The number of ketones is 1. The number of amides is 1. The molecular formula is C37H56N4O8.